The number of fused-ring (bicyclic) bond motifs is 2. The first-order valence-electron chi connectivity index (χ1n) is 7.68. The highest BCUT2D eigenvalue weighted by Gasteiger charge is 2.28. The van der Waals surface area contributed by atoms with Gasteiger partial charge in [-0.3, -0.25) is 4.79 Å². The van der Waals surface area contributed by atoms with Gasteiger partial charge in [0.05, 0.1) is 11.3 Å². The molecule has 0 bridgehead atoms. The Bertz CT molecular complexity index is 918. The summed E-state index contributed by atoms with van der Waals surface area (Å²) in [6.45, 7) is 2.00. The van der Waals surface area contributed by atoms with Gasteiger partial charge >= 0.3 is 0 Å². The molecule has 0 spiro atoms. The van der Waals surface area contributed by atoms with E-state index in [1.165, 1.54) is 0 Å². The summed E-state index contributed by atoms with van der Waals surface area (Å²) in [5, 5.41) is 5.03. The maximum atomic E-state index is 12.5. The number of rotatable bonds is 2. The van der Waals surface area contributed by atoms with Gasteiger partial charge in [0.15, 0.2) is 11.6 Å². The van der Waals surface area contributed by atoms with Crippen molar-refractivity contribution in [2.45, 2.75) is 32.1 Å². The number of aromatic nitrogens is 4. The van der Waals surface area contributed by atoms with Crippen LogP contribution >= 0.6 is 11.6 Å². The lowest BCUT2D eigenvalue weighted by molar-refractivity contribution is 0.0962. The van der Waals surface area contributed by atoms with Crippen LogP contribution in [-0.2, 0) is 12.8 Å². The zero-order chi connectivity index (χ0) is 16.0. The number of carbonyl (C=O) groups is 1. The molecule has 0 saturated heterocycles. The average Bonchev–Trinajstić information content (AvgIpc) is 2.95. The molecule has 1 aliphatic rings. The number of hydrogen-bond donors (Lipinski definition) is 0. The topological polar surface area (TPSA) is 60.1 Å². The molecule has 2 aromatic heterocycles. The molecule has 23 heavy (non-hydrogen) atoms. The second kappa shape index (κ2) is 5.42. The predicted molar refractivity (Wildman–Crippen MR) is 87.0 cm³/mol. The van der Waals surface area contributed by atoms with E-state index < -0.39 is 0 Å². The van der Waals surface area contributed by atoms with Gasteiger partial charge in [0.2, 0.25) is 0 Å². The molecule has 5 nitrogen and oxygen atoms in total. The fraction of sp³-hybridized carbons (Fsp3) is 0.294. The summed E-state index contributed by atoms with van der Waals surface area (Å²) in [6.07, 6.45) is 3.69. The fourth-order valence-electron chi connectivity index (χ4n) is 3.07. The van der Waals surface area contributed by atoms with E-state index in [2.05, 4.69) is 15.1 Å². The molecule has 3 aromatic rings. The molecule has 0 N–H and O–H groups in total. The molecule has 1 aliphatic carbocycles. The average molecular weight is 327 g/mol. The van der Waals surface area contributed by atoms with Crippen molar-refractivity contribution in [2.24, 2.45) is 0 Å². The minimum atomic E-state index is 0.0965. The lowest BCUT2D eigenvalue weighted by atomic mass is 9.82. The summed E-state index contributed by atoms with van der Waals surface area (Å²) < 4.78 is 1.61. The highest BCUT2D eigenvalue weighted by molar-refractivity contribution is 6.30. The van der Waals surface area contributed by atoms with E-state index in [1.807, 2.05) is 31.2 Å². The van der Waals surface area contributed by atoms with Crippen molar-refractivity contribution < 1.29 is 4.79 Å². The first-order valence-corrected chi connectivity index (χ1v) is 8.05. The number of ketones is 1. The molecule has 0 amide bonds. The van der Waals surface area contributed by atoms with Crippen LogP contribution in [-0.4, -0.2) is 25.4 Å². The molecule has 0 fully saturated rings. The third-order valence-electron chi connectivity index (χ3n) is 4.26. The van der Waals surface area contributed by atoms with E-state index in [1.54, 1.807) is 10.7 Å². The summed E-state index contributed by atoms with van der Waals surface area (Å²) in [7, 11) is 0. The second-order valence-corrected chi connectivity index (χ2v) is 6.25. The summed E-state index contributed by atoms with van der Waals surface area (Å²) in [4.78, 5) is 21.5. The van der Waals surface area contributed by atoms with Crippen LogP contribution in [0.2, 0.25) is 5.02 Å². The minimum absolute atomic E-state index is 0.0965. The molecular weight excluding hydrogens is 312 g/mol. The Morgan fingerprint density at radius 3 is 2.96 bits per heavy atom. The van der Waals surface area contributed by atoms with Crippen molar-refractivity contribution in [1.29, 1.82) is 0 Å². The van der Waals surface area contributed by atoms with Crippen LogP contribution in [0.3, 0.4) is 0 Å². The van der Waals surface area contributed by atoms with Crippen LogP contribution in [0.5, 0.6) is 0 Å². The molecule has 0 aliphatic heterocycles. The summed E-state index contributed by atoms with van der Waals surface area (Å²) in [5.74, 6) is 1.50. The Balaban J connectivity index is 1.77. The zero-order valence-corrected chi connectivity index (χ0v) is 13.4. The van der Waals surface area contributed by atoms with Gasteiger partial charge in [-0.25, -0.2) is 9.50 Å². The Kier molecular flexibility index (Phi) is 3.38. The van der Waals surface area contributed by atoms with Crippen LogP contribution < -0.4 is 0 Å². The van der Waals surface area contributed by atoms with Crippen molar-refractivity contribution in [3.8, 4) is 0 Å². The molecule has 4 rings (SSSR count). The van der Waals surface area contributed by atoms with Crippen molar-refractivity contribution >= 4 is 23.2 Å². The maximum absolute atomic E-state index is 12.5. The normalized spacial score (nSPS) is 17.5. The largest absolute Gasteiger partial charge is 0.294 e. The maximum Gasteiger partial charge on any atom is 0.252 e. The van der Waals surface area contributed by atoms with E-state index in [9.17, 15) is 4.79 Å². The van der Waals surface area contributed by atoms with Gasteiger partial charge in [0.25, 0.3) is 5.78 Å². The first kappa shape index (κ1) is 14.3. The number of Topliss-reactive ketones (excluding diaryl/α,β-unsaturated/α-hetero) is 1. The summed E-state index contributed by atoms with van der Waals surface area (Å²) >= 11 is 6.08. The van der Waals surface area contributed by atoms with Crippen LogP contribution in [0.15, 0.2) is 30.5 Å². The van der Waals surface area contributed by atoms with Crippen molar-refractivity contribution in [3.05, 3.63) is 58.1 Å². The lowest BCUT2D eigenvalue weighted by Crippen LogP contribution is -2.21. The highest BCUT2D eigenvalue weighted by Crippen LogP contribution is 2.32. The Hall–Kier alpha value is -2.27. The van der Waals surface area contributed by atoms with Crippen LogP contribution in [0, 0.1) is 0 Å². The third kappa shape index (κ3) is 2.51. The number of halogens is 1. The molecule has 1 atom stereocenters. The summed E-state index contributed by atoms with van der Waals surface area (Å²) in [6, 6.07) is 7.70. The molecule has 0 radical (unpaired) electrons. The SMILES string of the molecule is CCc1nc2nc3c(cn2n1)C(=O)CC(c1cccc(Cl)c1)C3. The molecule has 1 unspecified atom stereocenters. The second-order valence-electron chi connectivity index (χ2n) is 5.81. The van der Waals surface area contributed by atoms with E-state index in [0.717, 1.165) is 23.5 Å². The number of carbonyl (C=O) groups excluding carboxylic acids is 1. The molecule has 2 heterocycles. The van der Waals surface area contributed by atoms with Crippen LogP contribution in [0.1, 0.15) is 46.7 Å². The number of hydrogen-bond acceptors (Lipinski definition) is 4. The highest BCUT2D eigenvalue weighted by atomic mass is 35.5. The third-order valence-corrected chi connectivity index (χ3v) is 4.50. The molecule has 6 heteroatoms. The van der Waals surface area contributed by atoms with Gasteiger partial charge in [0, 0.05) is 24.1 Å². The van der Waals surface area contributed by atoms with Gasteiger partial charge in [0.1, 0.15) is 0 Å². The zero-order valence-electron chi connectivity index (χ0n) is 12.7. The lowest BCUT2D eigenvalue weighted by Gasteiger charge is -2.23. The number of aryl methyl sites for hydroxylation is 1. The van der Waals surface area contributed by atoms with E-state index >= 15 is 0 Å². The van der Waals surface area contributed by atoms with Crippen LogP contribution in [0.25, 0.3) is 5.78 Å². The standard InChI is InChI=1S/C17H15ClN4O/c1-2-16-20-17-19-14-7-11(10-4-3-5-12(18)6-10)8-15(23)13(14)9-22(17)21-16/h3-6,9,11H,2,7-8H2,1H3. The number of nitrogens with zero attached hydrogens (tertiary/aromatic N) is 4. The smallest absolute Gasteiger partial charge is 0.252 e. The minimum Gasteiger partial charge on any atom is -0.294 e. The summed E-state index contributed by atoms with van der Waals surface area (Å²) in [5.41, 5.74) is 2.53. The Morgan fingerprint density at radius 2 is 2.17 bits per heavy atom. The van der Waals surface area contributed by atoms with Crippen molar-refractivity contribution in [1.82, 2.24) is 19.6 Å². The van der Waals surface area contributed by atoms with Crippen LogP contribution in [0.4, 0.5) is 0 Å². The molecular formula is C17H15ClN4O. The quantitative estimate of drug-likeness (QED) is 0.725. The van der Waals surface area contributed by atoms with Crippen molar-refractivity contribution in [2.75, 3.05) is 0 Å². The Labute approximate surface area is 138 Å². The molecule has 1 aromatic carbocycles. The van der Waals surface area contributed by atoms with Gasteiger partial charge in [-0.15, -0.1) is 5.10 Å². The van der Waals surface area contributed by atoms with Gasteiger partial charge in [-0.1, -0.05) is 30.7 Å². The monoisotopic (exact) mass is 326 g/mol. The predicted octanol–water partition coefficient (Wildman–Crippen LogP) is 3.25. The van der Waals surface area contributed by atoms with Crippen molar-refractivity contribution in [3.63, 3.8) is 0 Å². The van der Waals surface area contributed by atoms with E-state index in [0.29, 0.717) is 29.2 Å². The number of benzene rings is 1. The fourth-order valence-corrected chi connectivity index (χ4v) is 3.27. The first-order chi connectivity index (χ1) is 11.1. The van der Waals surface area contributed by atoms with E-state index in [4.69, 9.17) is 11.6 Å². The van der Waals surface area contributed by atoms with Gasteiger partial charge < -0.3 is 0 Å². The molecule has 116 valence electrons. The Morgan fingerprint density at radius 1 is 1.30 bits per heavy atom. The van der Waals surface area contributed by atoms with Gasteiger partial charge in [-0.05, 0) is 30.0 Å². The van der Waals surface area contributed by atoms with Gasteiger partial charge in [-0.2, -0.15) is 4.98 Å². The molecule has 0 saturated carbocycles. The van der Waals surface area contributed by atoms with E-state index in [-0.39, 0.29) is 11.7 Å².